The molecule has 5 aromatic carbocycles. The molecule has 3 heterocycles. The van der Waals surface area contributed by atoms with Crippen LogP contribution in [0.5, 0.6) is 11.6 Å². The molecule has 0 amide bonds. The van der Waals surface area contributed by atoms with Gasteiger partial charge < -0.3 is 0 Å². The van der Waals surface area contributed by atoms with E-state index in [1.807, 2.05) is 41.2 Å². The van der Waals surface area contributed by atoms with Crippen LogP contribution in [0.1, 0.15) is 0 Å². The Bertz CT molecular complexity index is 2020. The predicted octanol–water partition coefficient (Wildman–Crippen LogP) is 2.86. The summed E-state index contributed by atoms with van der Waals surface area (Å²) in [6.07, 6.45) is 5.49. The molecule has 0 aliphatic carbocycles. The van der Waals surface area contributed by atoms with E-state index in [1.54, 1.807) is 12.4 Å². The molecule has 8 rings (SSSR count). The van der Waals surface area contributed by atoms with Crippen LogP contribution in [0.15, 0.2) is 158 Å². The summed E-state index contributed by atoms with van der Waals surface area (Å²) in [7, 11) is 0. The molecule has 0 radical (unpaired) electrons. The second-order valence-electron chi connectivity index (χ2n) is 10.9. The Hall–Kier alpha value is -4.44. The number of benzene rings is 5. The van der Waals surface area contributed by atoms with E-state index in [0.717, 1.165) is 16.6 Å². The molecule has 1 aliphatic rings. The summed E-state index contributed by atoms with van der Waals surface area (Å²) in [5.74, 6) is 1.19. The molecule has 0 saturated heterocycles. The molecule has 4 nitrogen and oxygen atoms in total. The van der Waals surface area contributed by atoms with Gasteiger partial charge in [-0.3, -0.25) is 0 Å². The normalized spacial score (nSPS) is 12.8. The second kappa shape index (κ2) is 12.5. The van der Waals surface area contributed by atoms with Crippen molar-refractivity contribution in [3.63, 3.8) is 0 Å². The monoisotopic (exact) mass is 820 g/mol. The van der Waals surface area contributed by atoms with E-state index in [4.69, 9.17) is 4.74 Å². The van der Waals surface area contributed by atoms with Crippen LogP contribution in [0.4, 0.5) is 0 Å². The van der Waals surface area contributed by atoms with Gasteiger partial charge in [-0.25, -0.2) is 0 Å². The zero-order chi connectivity index (χ0) is 29.3. The van der Waals surface area contributed by atoms with E-state index in [0.29, 0.717) is 11.6 Å². The summed E-state index contributed by atoms with van der Waals surface area (Å²) in [6, 6.07) is 57.0. The van der Waals surface area contributed by atoms with Crippen molar-refractivity contribution in [2.75, 3.05) is 0 Å². The summed E-state index contributed by atoms with van der Waals surface area (Å²) in [6.45, 7) is -0.102. The first-order valence-corrected chi connectivity index (χ1v) is 18.9. The molecule has 0 fully saturated rings. The minimum atomic E-state index is -3.53. The number of fused-ring (bicyclic) bond motifs is 2. The molecule has 0 atom stereocenters. The Labute approximate surface area is 280 Å². The van der Waals surface area contributed by atoms with Crippen LogP contribution in [-0.4, -0.2) is 34.7 Å². The number of hydrogen-bond acceptors (Lipinski definition) is 3. The Morgan fingerprint density at radius 1 is 0.622 bits per heavy atom. The van der Waals surface area contributed by atoms with Crippen molar-refractivity contribution in [1.29, 1.82) is 0 Å². The predicted molar refractivity (Wildman–Crippen MR) is 180 cm³/mol. The standard InChI is InChI=1S/C38H26BGeN3O.Pt/c1-3-14-30(15-4-1)40(31-16-5-2-6-17-31)36-20-8-7-19-34(36)39(29-13-11-18-32(27-29)43-26-12-25-42-43)35-28-33(22-23-37(35)40)44-38-21-9-10-24-41-38;/h1-26H;/q-2;+2. The maximum atomic E-state index is 6.31. The van der Waals surface area contributed by atoms with Crippen molar-refractivity contribution in [1.82, 2.24) is 14.8 Å². The molecule has 0 bridgehead atoms. The third-order valence-electron chi connectivity index (χ3n) is 8.45. The molecule has 7 aromatic rings. The Morgan fingerprint density at radius 3 is 2.07 bits per heavy atom. The minimum absolute atomic E-state index is 0. The summed E-state index contributed by atoms with van der Waals surface area (Å²) in [5.41, 5.74) is 4.37. The van der Waals surface area contributed by atoms with Crippen molar-refractivity contribution in [3.8, 4) is 17.3 Å². The number of aromatic nitrogens is 3. The molecule has 0 N–H and O–H groups in total. The van der Waals surface area contributed by atoms with Gasteiger partial charge in [0.25, 0.3) is 0 Å². The second-order valence-corrected chi connectivity index (χ2v) is 18.7. The van der Waals surface area contributed by atoms with Crippen LogP contribution in [0.25, 0.3) is 5.69 Å². The molecule has 45 heavy (non-hydrogen) atoms. The van der Waals surface area contributed by atoms with E-state index in [-0.39, 0.29) is 27.8 Å². The van der Waals surface area contributed by atoms with Gasteiger partial charge in [0.15, 0.2) is 0 Å². The molecular weight excluding hydrogens is 793 g/mol. The van der Waals surface area contributed by atoms with Crippen LogP contribution in [0, 0.1) is 12.1 Å². The van der Waals surface area contributed by atoms with Crippen LogP contribution < -0.4 is 38.7 Å². The van der Waals surface area contributed by atoms with Gasteiger partial charge in [0.1, 0.15) is 0 Å². The van der Waals surface area contributed by atoms with Crippen LogP contribution in [0.3, 0.4) is 0 Å². The zero-order valence-corrected chi connectivity index (χ0v) is 28.5. The Kier molecular flexibility index (Phi) is 8.14. The van der Waals surface area contributed by atoms with Gasteiger partial charge in [-0.15, -0.1) is 0 Å². The first-order valence-electron chi connectivity index (χ1n) is 14.7. The maximum absolute atomic E-state index is 6.31. The van der Waals surface area contributed by atoms with Gasteiger partial charge in [0, 0.05) is 0 Å². The molecule has 2 aromatic heterocycles. The van der Waals surface area contributed by atoms with Gasteiger partial charge in [0.05, 0.1) is 0 Å². The average molecular weight is 819 g/mol. The fourth-order valence-corrected chi connectivity index (χ4v) is 17.6. The zero-order valence-electron chi connectivity index (χ0n) is 24.2. The number of hydrogen-bond donors (Lipinski definition) is 0. The summed E-state index contributed by atoms with van der Waals surface area (Å²) >= 11 is -3.53. The molecule has 0 saturated carbocycles. The molecule has 0 unspecified atom stereocenters. The summed E-state index contributed by atoms with van der Waals surface area (Å²) in [5, 5.41) is 4.48. The van der Waals surface area contributed by atoms with Crippen LogP contribution in [-0.2, 0) is 21.1 Å². The van der Waals surface area contributed by atoms with Crippen molar-refractivity contribution in [2.24, 2.45) is 0 Å². The number of pyridine rings is 1. The quantitative estimate of drug-likeness (QED) is 0.192. The van der Waals surface area contributed by atoms with Gasteiger partial charge >= 0.3 is 282 Å². The van der Waals surface area contributed by atoms with E-state index >= 15 is 0 Å². The van der Waals surface area contributed by atoms with Crippen LogP contribution >= 0.6 is 0 Å². The Balaban J connectivity index is 0.00000325. The molecule has 1 aliphatic heterocycles. The first kappa shape index (κ1) is 29.3. The third kappa shape index (κ3) is 5.10. The average Bonchev–Trinajstić information content (AvgIpc) is 3.64. The summed E-state index contributed by atoms with van der Waals surface area (Å²) in [4.78, 5) is 4.42. The first-order chi connectivity index (χ1) is 21.8. The Morgan fingerprint density at radius 2 is 1.36 bits per heavy atom. The number of nitrogens with zero attached hydrogens (tertiary/aromatic N) is 3. The molecule has 7 heteroatoms. The summed E-state index contributed by atoms with van der Waals surface area (Å²) < 4.78 is 13.7. The fourth-order valence-electron chi connectivity index (χ4n) is 6.69. The van der Waals surface area contributed by atoms with Gasteiger partial charge in [-0.1, -0.05) is 0 Å². The van der Waals surface area contributed by atoms with Gasteiger partial charge in [0.2, 0.25) is 0 Å². The fraction of sp³-hybridized carbons (Fsp3) is 0. The van der Waals surface area contributed by atoms with Crippen molar-refractivity contribution in [3.05, 3.63) is 170 Å². The third-order valence-corrected chi connectivity index (χ3v) is 18.7. The van der Waals surface area contributed by atoms with Crippen molar-refractivity contribution < 1.29 is 25.8 Å². The number of rotatable bonds is 6. The van der Waals surface area contributed by atoms with Gasteiger partial charge in [-0.05, 0) is 0 Å². The number of ether oxygens (including phenoxy) is 1. The SMILES string of the molecule is [Pt+2].[c-]1c(B2c3[c-]c(Oc4ccccn4)cc[c]3[Ge]([c]3ccccc3)([c]3ccccc3)[c]3ccccc32)cccc1-n1cccn1. The molecule has 0 spiro atoms. The molecular formula is C38H26BGeN3OPt. The van der Waals surface area contributed by atoms with Gasteiger partial charge in [-0.2, -0.15) is 0 Å². The van der Waals surface area contributed by atoms with E-state index in [2.05, 4.69) is 131 Å². The van der Waals surface area contributed by atoms with E-state index in [1.165, 1.54) is 23.0 Å². The van der Waals surface area contributed by atoms with Crippen molar-refractivity contribution in [2.45, 2.75) is 0 Å². The topological polar surface area (TPSA) is 39.9 Å². The van der Waals surface area contributed by atoms with Crippen molar-refractivity contribution >= 4 is 54.0 Å². The van der Waals surface area contributed by atoms with E-state index < -0.39 is 13.3 Å². The molecule has 216 valence electrons. The van der Waals surface area contributed by atoms with Crippen LogP contribution in [0.2, 0.25) is 0 Å². The van der Waals surface area contributed by atoms with E-state index in [9.17, 15) is 0 Å².